The van der Waals surface area contributed by atoms with Crippen molar-refractivity contribution in [3.8, 4) is 0 Å². The van der Waals surface area contributed by atoms with Gasteiger partial charge in [0.1, 0.15) is 0 Å². The molecule has 0 bridgehead atoms. The third kappa shape index (κ3) is 5.94. The van der Waals surface area contributed by atoms with Crippen LogP contribution in [-0.2, 0) is 0 Å². The fourth-order valence-electron chi connectivity index (χ4n) is 3.80. The van der Waals surface area contributed by atoms with E-state index in [4.69, 9.17) is 11.5 Å². The molecule has 0 atom stereocenters. The van der Waals surface area contributed by atoms with Gasteiger partial charge in [-0.3, -0.25) is 10.3 Å². The third-order valence-corrected chi connectivity index (χ3v) is 5.17. The minimum atomic E-state index is 0.167. The van der Waals surface area contributed by atoms with Crippen LogP contribution in [0.3, 0.4) is 0 Å². The summed E-state index contributed by atoms with van der Waals surface area (Å²) in [4.78, 5) is 2.53. The number of nitrogens with two attached hydrogens (primary N) is 2. The van der Waals surface area contributed by atoms with Crippen LogP contribution in [0, 0.1) is 0 Å². The molecule has 7 N–H and O–H groups in total. The summed E-state index contributed by atoms with van der Waals surface area (Å²) in [5.41, 5.74) is 15.5. The quantitative estimate of drug-likeness (QED) is 0.334. The molecule has 2 aliphatic heterocycles. The first-order valence-electron chi connectivity index (χ1n) is 9.36. The number of piperazine rings is 2. The van der Waals surface area contributed by atoms with E-state index in [9.17, 15) is 0 Å². The van der Waals surface area contributed by atoms with Gasteiger partial charge < -0.3 is 22.1 Å². The molecule has 2 fully saturated rings. The SMILES string of the molecule is NCCCC1(CCCN)CNCCN1NCCN1CCNCC1. The van der Waals surface area contributed by atoms with Gasteiger partial charge in [0.15, 0.2) is 0 Å². The zero-order valence-electron chi connectivity index (χ0n) is 14.7. The first-order chi connectivity index (χ1) is 11.3. The van der Waals surface area contributed by atoms with Gasteiger partial charge in [0.05, 0.1) is 0 Å². The maximum Gasteiger partial charge on any atom is 0.0479 e. The molecule has 2 heterocycles. The monoisotopic (exact) mass is 327 g/mol. The molecule has 2 saturated heterocycles. The Kier molecular flexibility index (Phi) is 8.74. The molecule has 0 aromatic carbocycles. The maximum atomic E-state index is 5.78. The van der Waals surface area contributed by atoms with Crippen LogP contribution in [0.2, 0.25) is 0 Å². The first-order valence-corrected chi connectivity index (χ1v) is 9.36. The lowest BCUT2D eigenvalue weighted by atomic mass is 9.85. The Labute approximate surface area is 141 Å². The summed E-state index contributed by atoms with van der Waals surface area (Å²) in [6, 6.07) is 0. The lowest BCUT2D eigenvalue weighted by Crippen LogP contribution is -2.66. The summed E-state index contributed by atoms with van der Waals surface area (Å²) in [6.07, 6.45) is 4.42. The van der Waals surface area contributed by atoms with Crippen molar-refractivity contribution in [2.75, 3.05) is 72.0 Å². The Morgan fingerprint density at radius 3 is 2.22 bits per heavy atom. The van der Waals surface area contributed by atoms with Gasteiger partial charge in [0.2, 0.25) is 0 Å². The van der Waals surface area contributed by atoms with E-state index in [1.807, 2.05) is 0 Å². The number of nitrogens with zero attached hydrogens (tertiary/aromatic N) is 2. The fourth-order valence-corrected chi connectivity index (χ4v) is 3.80. The molecule has 0 unspecified atom stereocenters. The van der Waals surface area contributed by atoms with E-state index in [-0.39, 0.29) is 5.54 Å². The summed E-state index contributed by atoms with van der Waals surface area (Å²) in [5.74, 6) is 0. The van der Waals surface area contributed by atoms with E-state index in [0.29, 0.717) is 0 Å². The van der Waals surface area contributed by atoms with Crippen LogP contribution in [0.15, 0.2) is 0 Å². The summed E-state index contributed by atoms with van der Waals surface area (Å²) in [5, 5.41) is 9.49. The molecule has 136 valence electrons. The zero-order chi connectivity index (χ0) is 16.4. The molecule has 7 heteroatoms. The van der Waals surface area contributed by atoms with Crippen molar-refractivity contribution >= 4 is 0 Å². The summed E-state index contributed by atoms with van der Waals surface area (Å²) >= 11 is 0. The lowest BCUT2D eigenvalue weighted by molar-refractivity contribution is -0.00626. The van der Waals surface area contributed by atoms with Crippen molar-refractivity contribution < 1.29 is 0 Å². The van der Waals surface area contributed by atoms with Gasteiger partial charge >= 0.3 is 0 Å². The highest BCUT2D eigenvalue weighted by atomic mass is 15.6. The molecule has 0 aromatic heterocycles. The highest BCUT2D eigenvalue weighted by molar-refractivity contribution is 4.94. The molecule has 0 aliphatic carbocycles. The highest BCUT2D eigenvalue weighted by Gasteiger charge is 2.37. The van der Waals surface area contributed by atoms with E-state index >= 15 is 0 Å². The Morgan fingerprint density at radius 2 is 1.57 bits per heavy atom. The Hall–Kier alpha value is -0.280. The molecule has 0 radical (unpaired) electrons. The zero-order valence-corrected chi connectivity index (χ0v) is 14.7. The number of hydrogen-bond acceptors (Lipinski definition) is 7. The van der Waals surface area contributed by atoms with Gasteiger partial charge in [-0.2, -0.15) is 0 Å². The molecular weight excluding hydrogens is 290 g/mol. The maximum absolute atomic E-state index is 5.78. The second kappa shape index (κ2) is 10.6. The van der Waals surface area contributed by atoms with Gasteiger partial charge in [-0.25, -0.2) is 5.01 Å². The minimum Gasteiger partial charge on any atom is -0.330 e. The average molecular weight is 328 g/mol. The van der Waals surface area contributed by atoms with Gasteiger partial charge in [-0.15, -0.1) is 0 Å². The smallest absolute Gasteiger partial charge is 0.0479 e. The largest absolute Gasteiger partial charge is 0.330 e. The van der Waals surface area contributed by atoms with Crippen LogP contribution < -0.4 is 27.5 Å². The molecule has 23 heavy (non-hydrogen) atoms. The molecule has 0 amide bonds. The second-order valence-electron chi connectivity index (χ2n) is 6.84. The molecule has 2 aliphatic rings. The van der Waals surface area contributed by atoms with Crippen LogP contribution in [0.1, 0.15) is 25.7 Å². The first kappa shape index (κ1) is 19.1. The molecule has 0 aromatic rings. The Balaban J connectivity index is 1.85. The van der Waals surface area contributed by atoms with Crippen molar-refractivity contribution in [2.24, 2.45) is 11.5 Å². The normalized spacial score (nSPS) is 23.2. The van der Waals surface area contributed by atoms with Gasteiger partial charge in [0, 0.05) is 64.4 Å². The van der Waals surface area contributed by atoms with Gasteiger partial charge in [0.25, 0.3) is 0 Å². The van der Waals surface area contributed by atoms with Crippen molar-refractivity contribution in [2.45, 2.75) is 31.2 Å². The minimum absolute atomic E-state index is 0.167. The topological polar surface area (TPSA) is 94.6 Å². The van der Waals surface area contributed by atoms with Crippen molar-refractivity contribution in [3.63, 3.8) is 0 Å². The van der Waals surface area contributed by atoms with Crippen LogP contribution in [0.4, 0.5) is 0 Å². The summed E-state index contributed by atoms with van der Waals surface area (Å²) in [6.45, 7) is 11.4. The van der Waals surface area contributed by atoms with Crippen molar-refractivity contribution in [3.05, 3.63) is 0 Å². The lowest BCUT2D eigenvalue weighted by Gasteiger charge is -2.48. The Bertz CT molecular complexity index is 299. The van der Waals surface area contributed by atoms with E-state index in [0.717, 1.165) is 97.7 Å². The average Bonchev–Trinajstić information content (AvgIpc) is 2.60. The van der Waals surface area contributed by atoms with Crippen LogP contribution in [0.25, 0.3) is 0 Å². The van der Waals surface area contributed by atoms with Crippen LogP contribution in [0.5, 0.6) is 0 Å². The van der Waals surface area contributed by atoms with Gasteiger partial charge in [-0.1, -0.05) is 0 Å². The molecule has 2 rings (SSSR count). The second-order valence-corrected chi connectivity index (χ2v) is 6.84. The standard InChI is InChI=1S/C16H37N7/c17-5-1-3-16(4-2-6-18)15-20-9-14-23(16)21-10-13-22-11-7-19-8-12-22/h19-21H,1-15,17-18H2. The molecule has 0 spiro atoms. The van der Waals surface area contributed by atoms with Crippen molar-refractivity contribution in [1.82, 2.24) is 26.0 Å². The third-order valence-electron chi connectivity index (χ3n) is 5.17. The van der Waals surface area contributed by atoms with E-state index < -0.39 is 0 Å². The van der Waals surface area contributed by atoms with Crippen LogP contribution in [-0.4, -0.2) is 87.4 Å². The molecule has 7 nitrogen and oxygen atoms in total. The molecular formula is C16H37N7. The van der Waals surface area contributed by atoms with E-state index in [1.54, 1.807) is 0 Å². The fraction of sp³-hybridized carbons (Fsp3) is 1.00. The predicted octanol–water partition coefficient (Wildman–Crippen LogP) is -1.48. The number of hydrogen-bond donors (Lipinski definition) is 5. The molecule has 0 saturated carbocycles. The Morgan fingerprint density at radius 1 is 0.913 bits per heavy atom. The summed E-state index contributed by atoms with van der Waals surface area (Å²) < 4.78 is 0. The van der Waals surface area contributed by atoms with Gasteiger partial charge in [-0.05, 0) is 38.8 Å². The summed E-state index contributed by atoms with van der Waals surface area (Å²) in [7, 11) is 0. The number of hydrazine groups is 1. The number of rotatable bonds is 10. The predicted molar refractivity (Wildman–Crippen MR) is 96.2 cm³/mol. The van der Waals surface area contributed by atoms with E-state index in [1.165, 1.54) is 0 Å². The van der Waals surface area contributed by atoms with Crippen LogP contribution >= 0.6 is 0 Å². The number of nitrogens with one attached hydrogen (secondary N) is 3. The van der Waals surface area contributed by atoms with Crippen molar-refractivity contribution in [1.29, 1.82) is 0 Å². The van der Waals surface area contributed by atoms with E-state index in [2.05, 4.69) is 26.0 Å². The highest BCUT2D eigenvalue weighted by Crippen LogP contribution is 2.27.